The van der Waals surface area contributed by atoms with Crippen molar-refractivity contribution in [1.29, 1.82) is 5.26 Å². The predicted octanol–water partition coefficient (Wildman–Crippen LogP) is 2.52. The molecule has 0 unspecified atom stereocenters. The highest BCUT2D eigenvalue weighted by atomic mass is 32.2. The number of nitriles is 1. The number of thioether (sulfide) groups is 1. The lowest BCUT2D eigenvalue weighted by Gasteiger charge is -2.39. The first-order valence-electron chi connectivity index (χ1n) is 10.7. The maximum Gasteiger partial charge on any atom is 0.236 e. The van der Waals surface area contributed by atoms with Gasteiger partial charge in [-0.05, 0) is 39.5 Å². The molecule has 2 aliphatic rings. The zero-order valence-corrected chi connectivity index (χ0v) is 19.6. The van der Waals surface area contributed by atoms with E-state index in [9.17, 15) is 10.1 Å². The quantitative estimate of drug-likeness (QED) is 0.641. The summed E-state index contributed by atoms with van der Waals surface area (Å²) in [6.45, 7) is 13.9. The van der Waals surface area contributed by atoms with Crippen molar-refractivity contribution < 1.29 is 9.53 Å². The van der Waals surface area contributed by atoms with Gasteiger partial charge < -0.3 is 14.5 Å². The highest BCUT2D eigenvalue weighted by Crippen LogP contribution is 2.38. The molecule has 1 saturated heterocycles. The molecule has 0 bridgehead atoms. The lowest BCUT2D eigenvalue weighted by molar-refractivity contribution is -0.132. The minimum absolute atomic E-state index is 0.197. The van der Waals surface area contributed by atoms with Crippen LogP contribution in [0.5, 0.6) is 0 Å². The van der Waals surface area contributed by atoms with Crippen molar-refractivity contribution >= 4 is 23.5 Å². The number of pyridine rings is 1. The second kappa shape index (κ2) is 9.54. The lowest BCUT2D eigenvalue weighted by atomic mass is 9.89. The normalized spacial score (nSPS) is 18.6. The number of piperazine rings is 1. The minimum atomic E-state index is -0.281. The Hall–Kier alpha value is -1.82. The zero-order chi connectivity index (χ0) is 21.9. The number of anilines is 1. The van der Waals surface area contributed by atoms with E-state index in [1.54, 1.807) is 0 Å². The summed E-state index contributed by atoms with van der Waals surface area (Å²) in [5.41, 5.74) is 2.55. The fourth-order valence-corrected chi connectivity index (χ4v) is 4.79. The summed E-state index contributed by atoms with van der Waals surface area (Å²) in [5.74, 6) is 1.14. The van der Waals surface area contributed by atoms with Crippen LogP contribution < -0.4 is 4.90 Å². The molecule has 1 aromatic heterocycles. The van der Waals surface area contributed by atoms with Gasteiger partial charge in [-0.1, -0.05) is 0 Å². The Bertz CT molecular complexity index is 824. The second-order valence-corrected chi connectivity index (χ2v) is 9.24. The maximum absolute atomic E-state index is 12.4. The van der Waals surface area contributed by atoms with Crippen LogP contribution >= 0.6 is 11.8 Å². The van der Waals surface area contributed by atoms with Gasteiger partial charge in [-0.15, -0.1) is 11.8 Å². The van der Waals surface area contributed by atoms with Crippen LogP contribution in [0.3, 0.4) is 0 Å². The van der Waals surface area contributed by atoms with Crippen molar-refractivity contribution in [3.63, 3.8) is 0 Å². The summed E-state index contributed by atoms with van der Waals surface area (Å²) >= 11 is 1.53. The molecule has 164 valence electrons. The zero-order valence-electron chi connectivity index (χ0n) is 18.8. The van der Waals surface area contributed by atoms with E-state index in [0.29, 0.717) is 25.1 Å². The standard InChI is InChI=1S/C22H33N5O2S/c1-6-26(7-2)19(28)14-25-8-10-27(11-9-25)20-18-15-29-22(3,4)12-16(18)17(13-23)21(24-20)30-5/h6-12,14-15H2,1-5H3. The third-order valence-electron chi connectivity index (χ3n) is 6.02. The van der Waals surface area contributed by atoms with Crippen molar-refractivity contribution in [2.75, 3.05) is 57.0 Å². The molecule has 7 nitrogen and oxygen atoms in total. The van der Waals surface area contributed by atoms with E-state index >= 15 is 0 Å². The van der Waals surface area contributed by atoms with Gasteiger partial charge in [0.1, 0.15) is 16.9 Å². The molecule has 1 amide bonds. The average Bonchev–Trinajstić information content (AvgIpc) is 2.73. The van der Waals surface area contributed by atoms with Gasteiger partial charge >= 0.3 is 0 Å². The first kappa shape index (κ1) is 22.9. The van der Waals surface area contributed by atoms with Gasteiger partial charge in [0.15, 0.2) is 0 Å². The predicted molar refractivity (Wildman–Crippen MR) is 120 cm³/mol. The largest absolute Gasteiger partial charge is 0.370 e. The summed E-state index contributed by atoms with van der Waals surface area (Å²) < 4.78 is 6.08. The van der Waals surface area contributed by atoms with Crippen LogP contribution in [0.1, 0.15) is 44.4 Å². The molecule has 0 aliphatic carbocycles. The van der Waals surface area contributed by atoms with Crippen LogP contribution in [0.25, 0.3) is 0 Å². The minimum Gasteiger partial charge on any atom is -0.370 e. The molecule has 2 aliphatic heterocycles. The van der Waals surface area contributed by atoms with Gasteiger partial charge in [0.2, 0.25) is 5.91 Å². The number of carbonyl (C=O) groups excluding carboxylic acids is 1. The summed E-state index contributed by atoms with van der Waals surface area (Å²) in [5, 5.41) is 10.6. The van der Waals surface area contributed by atoms with E-state index in [1.165, 1.54) is 11.8 Å². The molecule has 0 radical (unpaired) electrons. The first-order chi connectivity index (χ1) is 14.3. The molecule has 0 spiro atoms. The molecular weight excluding hydrogens is 398 g/mol. The van der Waals surface area contributed by atoms with Crippen molar-refractivity contribution in [1.82, 2.24) is 14.8 Å². The molecule has 1 fully saturated rings. The molecule has 1 aromatic rings. The van der Waals surface area contributed by atoms with Gasteiger partial charge in [0.05, 0.1) is 24.3 Å². The monoisotopic (exact) mass is 431 g/mol. The number of rotatable bonds is 6. The van der Waals surface area contributed by atoms with Crippen LogP contribution in [0, 0.1) is 11.3 Å². The summed E-state index contributed by atoms with van der Waals surface area (Å²) in [6, 6.07) is 2.39. The topological polar surface area (TPSA) is 72.7 Å². The smallest absolute Gasteiger partial charge is 0.236 e. The van der Waals surface area contributed by atoms with E-state index in [1.807, 2.05) is 25.0 Å². The molecule has 0 N–H and O–H groups in total. The summed E-state index contributed by atoms with van der Waals surface area (Å²) in [7, 11) is 0. The Morgan fingerprint density at radius 3 is 2.47 bits per heavy atom. The first-order valence-corrected chi connectivity index (χ1v) is 11.9. The Kier molecular flexibility index (Phi) is 7.27. The average molecular weight is 432 g/mol. The molecule has 3 heterocycles. The van der Waals surface area contributed by atoms with Gasteiger partial charge in [-0.3, -0.25) is 9.69 Å². The number of aromatic nitrogens is 1. The molecule has 0 aromatic carbocycles. The van der Waals surface area contributed by atoms with Crippen LogP contribution in [0.4, 0.5) is 5.82 Å². The number of carbonyl (C=O) groups is 1. The Morgan fingerprint density at radius 1 is 1.23 bits per heavy atom. The molecule has 3 rings (SSSR count). The lowest BCUT2D eigenvalue weighted by Crippen LogP contribution is -2.50. The Morgan fingerprint density at radius 2 is 1.90 bits per heavy atom. The SMILES string of the molecule is CCN(CC)C(=O)CN1CCN(c2nc(SC)c(C#N)c3c2COC(C)(C)C3)CC1. The van der Waals surface area contributed by atoms with Crippen LogP contribution in [0.2, 0.25) is 0 Å². The van der Waals surface area contributed by atoms with Crippen LogP contribution in [-0.4, -0.2) is 78.4 Å². The van der Waals surface area contributed by atoms with E-state index in [0.717, 1.165) is 61.2 Å². The van der Waals surface area contributed by atoms with Crippen molar-refractivity contribution in [3.05, 3.63) is 16.7 Å². The fourth-order valence-electron chi connectivity index (χ4n) is 4.24. The molecule has 8 heteroatoms. The highest BCUT2D eigenvalue weighted by molar-refractivity contribution is 7.98. The number of amides is 1. The maximum atomic E-state index is 12.4. The summed E-state index contributed by atoms with van der Waals surface area (Å²) in [4.78, 5) is 23.7. The number of fused-ring (bicyclic) bond motifs is 1. The number of nitrogens with zero attached hydrogens (tertiary/aromatic N) is 5. The number of likely N-dealkylation sites (N-methyl/N-ethyl adjacent to an activating group) is 1. The molecule has 0 saturated carbocycles. The Balaban J connectivity index is 1.79. The van der Waals surface area contributed by atoms with E-state index in [4.69, 9.17) is 9.72 Å². The fraction of sp³-hybridized carbons (Fsp3) is 0.682. The van der Waals surface area contributed by atoms with Crippen molar-refractivity contribution in [2.45, 2.75) is 51.3 Å². The van der Waals surface area contributed by atoms with Crippen LogP contribution in [0.15, 0.2) is 5.03 Å². The second-order valence-electron chi connectivity index (χ2n) is 8.44. The van der Waals surface area contributed by atoms with E-state index in [-0.39, 0.29) is 11.5 Å². The van der Waals surface area contributed by atoms with Crippen molar-refractivity contribution in [3.8, 4) is 6.07 Å². The van der Waals surface area contributed by atoms with Crippen LogP contribution in [-0.2, 0) is 22.6 Å². The summed E-state index contributed by atoms with van der Waals surface area (Å²) in [6.07, 6.45) is 2.69. The molecular formula is C22H33N5O2S. The van der Waals surface area contributed by atoms with Gasteiger partial charge in [-0.25, -0.2) is 4.98 Å². The number of ether oxygens (including phenoxy) is 1. The van der Waals surface area contributed by atoms with Gasteiger partial charge in [0, 0.05) is 51.3 Å². The van der Waals surface area contributed by atoms with E-state index in [2.05, 4.69) is 29.7 Å². The van der Waals surface area contributed by atoms with Gasteiger partial charge in [0.25, 0.3) is 0 Å². The third-order valence-corrected chi connectivity index (χ3v) is 6.70. The number of hydrogen-bond acceptors (Lipinski definition) is 7. The molecule has 0 atom stereocenters. The Labute approximate surface area is 184 Å². The van der Waals surface area contributed by atoms with Gasteiger partial charge in [-0.2, -0.15) is 5.26 Å². The third kappa shape index (κ3) is 4.74. The highest BCUT2D eigenvalue weighted by Gasteiger charge is 2.34. The van der Waals surface area contributed by atoms with E-state index < -0.39 is 0 Å². The number of hydrogen-bond donors (Lipinski definition) is 0. The van der Waals surface area contributed by atoms with Crippen molar-refractivity contribution in [2.24, 2.45) is 0 Å². The molecule has 30 heavy (non-hydrogen) atoms.